The number of thiazole rings is 1. The molecular formula is C26H14F2N2O3S2. The van der Waals surface area contributed by atoms with Crippen LogP contribution in [0.3, 0.4) is 0 Å². The van der Waals surface area contributed by atoms with Gasteiger partial charge < -0.3 is 5.11 Å². The van der Waals surface area contributed by atoms with Crippen LogP contribution in [0.15, 0.2) is 77.7 Å². The van der Waals surface area contributed by atoms with Gasteiger partial charge >= 0.3 is 5.91 Å². The lowest BCUT2D eigenvalue weighted by atomic mass is 9.98. The van der Waals surface area contributed by atoms with E-state index in [2.05, 4.69) is 4.98 Å². The highest BCUT2D eigenvalue weighted by Crippen LogP contribution is 2.45. The van der Waals surface area contributed by atoms with E-state index >= 15 is 0 Å². The number of hydrogen-bond acceptors (Lipinski definition) is 6. The molecule has 1 aliphatic heterocycles. The molecule has 35 heavy (non-hydrogen) atoms. The van der Waals surface area contributed by atoms with Crippen molar-refractivity contribution in [2.75, 3.05) is 4.90 Å². The summed E-state index contributed by atoms with van der Waals surface area (Å²) in [6.07, 6.45) is 0. The minimum absolute atomic E-state index is 0.0440. The van der Waals surface area contributed by atoms with Gasteiger partial charge in [0.25, 0.3) is 5.78 Å². The van der Waals surface area contributed by atoms with Crippen molar-refractivity contribution in [2.45, 2.75) is 6.04 Å². The third-order valence-corrected chi connectivity index (χ3v) is 7.81. The largest absolute Gasteiger partial charge is 0.507 e. The molecule has 0 radical (unpaired) electrons. The zero-order valence-corrected chi connectivity index (χ0v) is 19.4. The third-order valence-electron chi connectivity index (χ3n) is 5.89. The summed E-state index contributed by atoms with van der Waals surface area (Å²) >= 11 is 2.21. The fourth-order valence-corrected chi connectivity index (χ4v) is 6.14. The van der Waals surface area contributed by atoms with Gasteiger partial charge in [0, 0.05) is 16.5 Å². The summed E-state index contributed by atoms with van der Waals surface area (Å²) in [5.74, 6) is -3.71. The van der Waals surface area contributed by atoms with E-state index in [1.54, 1.807) is 29.6 Å². The monoisotopic (exact) mass is 504 g/mol. The average Bonchev–Trinajstić information content (AvgIpc) is 3.57. The van der Waals surface area contributed by atoms with Crippen molar-refractivity contribution in [1.82, 2.24) is 4.98 Å². The fraction of sp³-hybridized carbons (Fsp3) is 0.0385. The molecule has 5 aromatic rings. The maximum Gasteiger partial charge on any atom is 0.301 e. The number of nitrogens with zero attached hydrogens (tertiary/aromatic N) is 2. The minimum Gasteiger partial charge on any atom is -0.507 e. The Labute approximate surface area is 205 Å². The van der Waals surface area contributed by atoms with E-state index in [4.69, 9.17) is 0 Å². The molecule has 172 valence electrons. The van der Waals surface area contributed by atoms with Gasteiger partial charge in [0.2, 0.25) is 0 Å². The summed E-state index contributed by atoms with van der Waals surface area (Å²) in [7, 11) is 0. The molecule has 0 aliphatic carbocycles. The molecule has 1 aliphatic rings. The number of ketones is 1. The normalized spacial score (nSPS) is 17.7. The number of amides is 1. The van der Waals surface area contributed by atoms with E-state index in [0.29, 0.717) is 10.4 Å². The smallest absolute Gasteiger partial charge is 0.301 e. The Morgan fingerprint density at radius 1 is 0.971 bits per heavy atom. The number of fused-ring (bicyclic) bond motifs is 2. The molecule has 3 aromatic carbocycles. The molecule has 1 unspecified atom stereocenters. The lowest BCUT2D eigenvalue weighted by Gasteiger charge is -2.21. The summed E-state index contributed by atoms with van der Waals surface area (Å²) in [4.78, 5) is 32.5. The molecule has 6 rings (SSSR count). The van der Waals surface area contributed by atoms with Crippen LogP contribution in [0.4, 0.5) is 13.9 Å². The highest BCUT2D eigenvalue weighted by atomic mass is 32.1. The second kappa shape index (κ2) is 8.07. The predicted octanol–water partition coefficient (Wildman–Crippen LogP) is 6.42. The van der Waals surface area contributed by atoms with Gasteiger partial charge in [0.05, 0.1) is 10.3 Å². The van der Waals surface area contributed by atoms with Gasteiger partial charge in [-0.3, -0.25) is 14.5 Å². The first-order valence-corrected chi connectivity index (χ1v) is 12.2. The molecule has 5 nitrogen and oxygen atoms in total. The summed E-state index contributed by atoms with van der Waals surface area (Å²) in [5.41, 5.74) is 0.215. The maximum absolute atomic E-state index is 14.3. The number of carbonyl (C=O) groups is 2. The highest BCUT2D eigenvalue weighted by molar-refractivity contribution is 7.22. The second-order valence-corrected chi connectivity index (χ2v) is 9.97. The standard InChI is InChI=1S/C26H14F2N2O3S2/c27-16-11-17(28)21-19(12-16)35-26(29-21)30-22(18-6-3-9-34-18)20(24(32)25(30)33)23(31)15-8-7-13-4-1-2-5-14(13)10-15/h1-12,22,31H/b23-20+. The van der Waals surface area contributed by atoms with Gasteiger partial charge in [0.1, 0.15) is 23.1 Å². The van der Waals surface area contributed by atoms with Crippen molar-refractivity contribution in [3.63, 3.8) is 0 Å². The molecule has 0 bridgehead atoms. The predicted molar refractivity (Wildman–Crippen MR) is 133 cm³/mol. The summed E-state index contributed by atoms with van der Waals surface area (Å²) in [6, 6.07) is 17.2. The van der Waals surface area contributed by atoms with Crippen LogP contribution < -0.4 is 4.90 Å². The SMILES string of the molecule is O=C1C(=O)N(c2nc3c(F)cc(F)cc3s2)C(c2cccs2)/C1=C(\O)c1ccc2ccccc2c1. The van der Waals surface area contributed by atoms with E-state index < -0.39 is 29.4 Å². The number of hydrogen-bond donors (Lipinski definition) is 1. The number of halogens is 2. The van der Waals surface area contributed by atoms with Crippen LogP contribution in [0.5, 0.6) is 0 Å². The minimum atomic E-state index is -0.963. The van der Waals surface area contributed by atoms with E-state index in [9.17, 15) is 23.5 Å². The number of anilines is 1. The number of aliphatic hydroxyl groups excluding tert-OH is 1. The number of rotatable bonds is 3. The Bertz CT molecular complexity index is 1690. The van der Waals surface area contributed by atoms with E-state index in [1.165, 1.54) is 11.3 Å². The Morgan fingerprint density at radius 2 is 1.77 bits per heavy atom. The third kappa shape index (κ3) is 3.43. The molecular weight excluding hydrogens is 490 g/mol. The topological polar surface area (TPSA) is 70.5 Å². The van der Waals surface area contributed by atoms with Crippen LogP contribution in [0.25, 0.3) is 26.7 Å². The lowest BCUT2D eigenvalue weighted by Crippen LogP contribution is -2.28. The quantitative estimate of drug-likeness (QED) is 0.175. The maximum atomic E-state index is 14.3. The average molecular weight is 505 g/mol. The zero-order valence-electron chi connectivity index (χ0n) is 17.7. The molecule has 1 atom stereocenters. The Balaban J connectivity index is 1.55. The molecule has 1 saturated heterocycles. The van der Waals surface area contributed by atoms with Gasteiger partial charge in [0.15, 0.2) is 10.9 Å². The number of carbonyl (C=O) groups excluding carboxylic acids is 2. The van der Waals surface area contributed by atoms with Crippen LogP contribution in [0, 0.1) is 11.6 Å². The van der Waals surface area contributed by atoms with Crippen molar-refractivity contribution in [3.8, 4) is 0 Å². The first-order valence-electron chi connectivity index (χ1n) is 10.5. The molecule has 0 saturated carbocycles. The molecule has 2 aromatic heterocycles. The van der Waals surface area contributed by atoms with Crippen LogP contribution >= 0.6 is 22.7 Å². The van der Waals surface area contributed by atoms with Crippen molar-refractivity contribution in [2.24, 2.45) is 0 Å². The van der Waals surface area contributed by atoms with E-state index in [1.807, 2.05) is 30.3 Å². The van der Waals surface area contributed by atoms with Crippen LogP contribution in [0.2, 0.25) is 0 Å². The number of Topliss-reactive ketones (excluding diaryl/α,β-unsaturated/α-hetero) is 1. The first kappa shape index (κ1) is 21.6. The number of thiophene rings is 1. The first-order chi connectivity index (χ1) is 16.9. The summed E-state index contributed by atoms with van der Waals surface area (Å²) in [5, 5.41) is 14.9. The second-order valence-electron chi connectivity index (χ2n) is 7.98. The number of benzene rings is 3. The summed E-state index contributed by atoms with van der Waals surface area (Å²) < 4.78 is 28.3. The summed E-state index contributed by atoms with van der Waals surface area (Å²) in [6.45, 7) is 0. The van der Waals surface area contributed by atoms with E-state index in [0.717, 1.165) is 39.1 Å². The van der Waals surface area contributed by atoms with Gasteiger partial charge in [-0.05, 0) is 34.4 Å². The van der Waals surface area contributed by atoms with Gasteiger partial charge in [-0.1, -0.05) is 53.8 Å². The highest BCUT2D eigenvalue weighted by Gasteiger charge is 2.48. The number of aliphatic hydroxyl groups is 1. The van der Waals surface area contributed by atoms with Gasteiger partial charge in [-0.15, -0.1) is 11.3 Å². The molecule has 0 spiro atoms. The van der Waals surface area contributed by atoms with Crippen molar-refractivity contribution >= 4 is 66.2 Å². The van der Waals surface area contributed by atoms with Crippen molar-refractivity contribution in [1.29, 1.82) is 0 Å². The molecule has 3 heterocycles. The lowest BCUT2D eigenvalue weighted by molar-refractivity contribution is -0.132. The Hall–Kier alpha value is -3.95. The Morgan fingerprint density at radius 3 is 2.54 bits per heavy atom. The van der Waals surface area contributed by atoms with Gasteiger partial charge in [-0.25, -0.2) is 13.8 Å². The zero-order chi connectivity index (χ0) is 24.3. The Kier molecular flexibility index (Phi) is 4.98. The fourth-order valence-electron chi connectivity index (χ4n) is 4.29. The van der Waals surface area contributed by atoms with Crippen molar-refractivity contribution < 1.29 is 23.5 Å². The van der Waals surface area contributed by atoms with Crippen LogP contribution in [-0.4, -0.2) is 21.8 Å². The van der Waals surface area contributed by atoms with E-state index in [-0.39, 0.29) is 26.7 Å². The molecule has 1 N–H and O–H groups in total. The van der Waals surface area contributed by atoms with Gasteiger partial charge in [-0.2, -0.15) is 0 Å². The molecule has 1 fully saturated rings. The van der Waals surface area contributed by atoms with Crippen molar-refractivity contribution in [3.05, 3.63) is 99.8 Å². The molecule has 1 amide bonds. The molecule has 9 heteroatoms. The van der Waals surface area contributed by atoms with Crippen LogP contribution in [-0.2, 0) is 9.59 Å². The number of aromatic nitrogens is 1. The van der Waals surface area contributed by atoms with Crippen LogP contribution in [0.1, 0.15) is 16.5 Å².